The number of hydrogen-bond donors (Lipinski definition) is 3. The van der Waals surface area contributed by atoms with Crippen LogP contribution < -0.4 is 5.32 Å². The van der Waals surface area contributed by atoms with Gasteiger partial charge in [-0.1, -0.05) is 48.0 Å². The zero-order valence-corrected chi connectivity index (χ0v) is 17.8. The van der Waals surface area contributed by atoms with E-state index >= 15 is 0 Å². The van der Waals surface area contributed by atoms with E-state index in [1.54, 1.807) is 0 Å². The van der Waals surface area contributed by atoms with Gasteiger partial charge in [0, 0.05) is 16.5 Å². The number of halogens is 1. The topological polar surface area (TPSA) is 86.6 Å². The Bertz CT molecular complexity index is 800. The number of thioether (sulfide) groups is 1. The predicted octanol–water partition coefficient (Wildman–Crippen LogP) is 4.40. The molecule has 1 aliphatic rings. The van der Waals surface area contributed by atoms with Crippen molar-refractivity contribution < 1.29 is 19.8 Å². The van der Waals surface area contributed by atoms with Gasteiger partial charge in [0.1, 0.15) is 0 Å². The van der Waals surface area contributed by atoms with Gasteiger partial charge in [0.15, 0.2) is 0 Å². The molecule has 0 atom stereocenters. The van der Waals surface area contributed by atoms with Crippen LogP contribution in [-0.4, -0.2) is 35.2 Å². The number of nitrogens with one attached hydrogen (secondary N) is 1. The maximum atomic E-state index is 9.64. The van der Waals surface area contributed by atoms with Crippen LogP contribution in [0.15, 0.2) is 42.5 Å². The molecule has 2 aromatic rings. The minimum Gasteiger partial charge on any atom is -0.481 e. The molecule has 0 unspecified atom stereocenters. The molecule has 0 saturated carbocycles. The molecule has 0 aromatic heterocycles. The van der Waals surface area contributed by atoms with Crippen LogP contribution >= 0.6 is 23.4 Å². The molecule has 0 bridgehead atoms. The summed E-state index contributed by atoms with van der Waals surface area (Å²) in [6, 6.07) is 14.9. The Labute approximate surface area is 180 Å². The molecule has 2 aromatic carbocycles. The molecule has 0 radical (unpaired) electrons. The Hall–Kier alpha value is -2.02. The first-order chi connectivity index (χ1) is 14.0. The van der Waals surface area contributed by atoms with Gasteiger partial charge >= 0.3 is 11.9 Å². The van der Waals surface area contributed by atoms with Crippen molar-refractivity contribution in [2.45, 2.75) is 37.2 Å². The predicted molar refractivity (Wildman–Crippen MR) is 118 cm³/mol. The summed E-state index contributed by atoms with van der Waals surface area (Å²) in [7, 11) is 0. The summed E-state index contributed by atoms with van der Waals surface area (Å²) in [6.07, 6.45) is 1.62. The molecule has 0 spiro atoms. The first-order valence-electron chi connectivity index (χ1n) is 9.52. The molecule has 1 heterocycles. The molecule has 3 N–H and O–H groups in total. The molecule has 0 amide bonds. The van der Waals surface area contributed by atoms with Crippen LogP contribution in [0.4, 0.5) is 0 Å². The standard InChI is InChI=1S/C18H20ClNS.C4H6O4/c19-18-7-6-15-8-10-20-11-9-16(15)17(18)13-21-12-14-4-2-1-3-5-14;5-3(6)1-2-4(7)8/h1-7,20H,8-13H2;1-2H2,(H,5,6)(H,7,8). The summed E-state index contributed by atoms with van der Waals surface area (Å²) < 4.78 is 0. The van der Waals surface area contributed by atoms with Crippen molar-refractivity contribution in [3.05, 3.63) is 69.7 Å². The van der Waals surface area contributed by atoms with Crippen LogP contribution in [0.2, 0.25) is 5.02 Å². The molecule has 3 rings (SSSR count). The molecule has 0 saturated heterocycles. The van der Waals surface area contributed by atoms with E-state index in [2.05, 4.69) is 47.8 Å². The fraction of sp³-hybridized carbons (Fsp3) is 0.364. The van der Waals surface area contributed by atoms with Gasteiger partial charge < -0.3 is 15.5 Å². The highest BCUT2D eigenvalue weighted by molar-refractivity contribution is 7.97. The van der Waals surface area contributed by atoms with Crippen molar-refractivity contribution in [1.82, 2.24) is 5.32 Å². The van der Waals surface area contributed by atoms with Crippen molar-refractivity contribution in [2.75, 3.05) is 13.1 Å². The maximum absolute atomic E-state index is 9.64. The van der Waals surface area contributed by atoms with Crippen LogP contribution in [-0.2, 0) is 33.9 Å². The minimum atomic E-state index is -1.08. The van der Waals surface area contributed by atoms with E-state index in [4.69, 9.17) is 21.8 Å². The number of fused-ring (bicyclic) bond motifs is 1. The van der Waals surface area contributed by atoms with Crippen LogP contribution in [0.3, 0.4) is 0 Å². The Kier molecular flexibility index (Phi) is 10.0. The number of carboxylic acids is 2. The summed E-state index contributed by atoms with van der Waals surface area (Å²) in [4.78, 5) is 19.3. The SMILES string of the molecule is Clc1ccc2c(c1CSCc1ccccc1)CCNCC2.O=C(O)CCC(=O)O. The summed E-state index contributed by atoms with van der Waals surface area (Å²) in [5.41, 5.74) is 5.67. The monoisotopic (exact) mass is 435 g/mol. The molecular weight excluding hydrogens is 410 g/mol. The average Bonchev–Trinajstić information content (AvgIpc) is 2.95. The van der Waals surface area contributed by atoms with Gasteiger partial charge in [0.05, 0.1) is 12.8 Å². The van der Waals surface area contributed by atoms with Crippen molar-refractivity contribution >= 4 is 35.3 Å². The minimum absolute atomic E-state index is 0.296. The van der Waals surface area contributed by atoms with Gasteiger partial charge in [-0.15, -0.1) is 0 Å². The molecule has 156 valence electrons. The Morgan fingerprint density at radius 1 is 0.931 bits per heavy atom. The largest absolute Gasteiger partial charge is 0.481 e. The highest BCUT2D eigenvalue weighted by Crippen LogP contribution is 2.30. The highest BCUT2D eigenvalue weighted by Gasteiger charge is 2.14. The average molecular weight is 436 g/mol. The molecule has 7 heteroatoms. The Morgan fingerprint density at radius 3 is 2.24 bits per heavy atom. The smallest absolute Gasteiger partial charge is 0.303 e. The highest BCUT2D eigenvalue weighted by atomic mass is 35.5. The van der Waals surface area contributed by atoms with E-state index < -0.39 is 11.9 Å². The summed E-state index contributed by atoms with van der Waals surface area (Å²) in [6.45, 7) is 2.13. The lowest BCUT2D eigenvalue weighted by atomic mass is 9.98. The number of benzene rings is 2. The number of carboxylic acid groups (broad SMARTS) is 2. The zero-order valence-electron chi connectivity index (χ0n) is 16.2. The molecule has 0 aliphatic carbocycles. The van der Waals surface area contributed by atoms with E-state index in [1.165, 1.54) is 22.3 Å². The van der Waals surface area contributed by atoms with Gasteiger partial charge in [0.2, 0.25) is 0 Å². The van der Waals surface area contributed by atoms with Crippen LogP contribution in [0, 0.1) is 0 Å². The molecule has 1 aliphatic heterocycles. The number of carbonyl (C=O) groups is 2. The van der Waals surface area contributed by atoms with Gasteiger partial charge in [-0.05, 0) is 54.3 Å². The third kappa shape index (κ3) is 8.48. The van der Waals surface area contributed by atoms with E-state index in [0.29, 0.717) is 0 Å². The zero-order chi connectivity index (χ0) is 21.1. The van der Waals surface area contributed by atoms with Crippen molar-refractivity contribution in [3.8, 4) is 0 Å². The lowest BCUT2D eigenvalue weighted by Crippen LogP contribution is -2.16. The van der Waals surface area contributed by atoms with E-state index in [1.807, 2.05) is 11.8 Å². The summed E-state index contributed by atoms with van der Waals surface area (Å²) >= 11 is 8.41. The quantitative estimate of drug-likeness (QED) is 0.597. The van der Waals surface area contributed by atoms with Gasteiger partial charge in [-0.25, -0.2) is 0 Å². The van der Waals surface area contributed by atoms with Crippen LogP contribution in [0.5, 0.6) is 0 Å². The van der Waals surface area contributed by atoms with Gasteiger partial charge in [-0.3, -0.25) is 9.59 Å². The number of rotatable bonds is 7. The van der Waals surface area contributed by atoms with E-state index in [9.17, 15) is 9.59 Å². The summed E-state index contributed by atoms with van der Waals surface area (Å²) in [5.74, 6) is -0.115. The van der Waals surface area contributed by atoms with Crippen LogP contribution in [0.25, 0.3) is 0 Å². The lowest BCUT2D eigenvalue weighted by Gasteiger charge is -2.14. The number of aliphatic carboxylic acids is 2. The first-order valence-corrected chi connectivity index (χ1v) is 11.1. The Balaban J connectivity index is 0.000000321. The molecular formula is C22H26ClNO4S. The van der Waals surface area contributed by atoms with Gasteiger partial charge in [0.25, 0.3) is 0 Å². The molecule has 0 fully saturated rings. The second kappa shape index (κ2) is 12.5. The molecule has 29 heavy (non-hydrogen) atoms. The third-order valence-corrected chi connectivity index (χ3v) is 5.89. The van der Waals surface area contributed by atoms with Gasteiger partial charge in [-0.2, -0.15) is 11.8 Å². The third-order valence-electron chi connectivity index (χ3n) is 4.50. The first kappa shape index (κ1) is 23.3. The van der Waals surface area contributed by atoms with Crippen LogP contribution in [0.1, 0.15) is 35.1 Å². The fourth-order valence-corrected chi connectivity index (χ4v) is 4.42. The molecule has 5 nitrogen and oxygen atoms in total. The fourth-order valence-electron chi connectivity index (χ4n) is 3.04. The normalized spacial score (nSPS) is 12.9. The van der Waals surface area contributed by atoms with Crippen molar-refractivity contribution in [1.29, 1.82) is 0 Å². The maximum Gasteiger partial charge on any atom is 0.303 e. The summed E-state index contributed by atoms with van der Waals surface area (Å²) in [5, 5.41) is 20.2. The Morgan fingerprint density at radius 2 is 1.59 bits per heavy atom. The van der Waals surface area contributed by atoms with E-state index in [-0.39, 0.29) is 12.8 Å². The second-order valence-electron chi connectivity index (χ2n) is 6.68. The number of hydrogen-bond acceptors (Lipinski definition) is 4. The second-order valence-corrected chi connectivity index (χ2v) is 8.07. The van der Waals surface area contributed by atoms with E-state index in [0.717, 1.165) is 42.5 Å². The lowest BCUT2D eigenvalue weighted by molar-refractivity contribution is -0.143. The van der Waals surface area contributed by atoms with Crippen molar-refractivity contribution in [2.24, 2.45) is 0 Å². The van der Waals surface area contributed by atoms with Crippen molar-refractivity contribution in [3.63, 3.8) is 0 Å².